The maximum absolute atomic E-state index is 3.55. The SMILES string of the molecule is CSc1ccc(C(c2cccc3ccccc23)N2CCCNCC2)cc1. The first kappa shape index (κ1) is 17.6. The van der Waals surface area contributed by atoms with Crippen LogP contribution in [0, 0.1) is 0 Å². The number of fused-ring (bicyclic) bond motifs is 1. The van der Waals surface area contributed by atoms with Gasteiger partial charge >= 0.3 is 0 Å². The molecule has 1 saturated heterocycles. The van der Waals surface area contributed by atoms with Gasteiger partial charge in [-0.2, -0.15) is 0 Å². The Morgan fingerprint density at radius 2 is 1.69 bits per heavy atom. The summed E-state index contributed by atoms with van der Waals surface area (Å²) in [6.45, 7) is 4.39. The van der Waals surface area contributed by atoms with E-state index in [1.54, 1.807) is 11.8 Å². The lowest BCUT2D eigenvalue weighted by atomic mass is 9.92. The van der Waals surface area contributed by atoms with Crippen molar-refractivity contribution in [2.75, 3.05) is 32.4 Å². The summed E-state index contributed by atoms with van der Waals surface area (Å²) in [5.41, 5.74) is 2.81. The Bertz CT molecular complexity index is 846. The van der Waals surface area contributed by atoms with Crippen molar-refractivity contribution < 1.29 is 0 Å². The highest BCUT2D eigenvalue weighted by molar-refractivity contribution is 7.98. The Balaban J connectivity index is 1.83. The minimum atomic E-state index is 0.303. The highest BCUT2D eigenvalue weighted by Crippen LogP contribution is 2.34. The van der Waals surface area contributed by atoms with E-state index in [9.17, 15) is 0 Å². The van der Waals surface area contributed by atoms with Crippen LogP contribution in [-0.4, -0.2) is 37.3 Å². The molecule has 1 fully saturated rings. The molecule has 3 aromatic rings. The molecule has 134 valence electrons. The topological polar surface area (TPSA) is 15.3 Å². The summed E-state index contributed by atoms with van der Waals surface area (Å²) in [4.78, 5) is 3.97. The largest absolute Gasteiger partial charge is 0.315 e. The summed E-state index contributed by atoms with van der Waals surface area (Å²) in [6.07, 6.45) is 3.34. The Morgan fingerprint density at radius 3 is 2.54 bits per heavy atom. The molecule has 0 saturated carbocycles. The van der Waals surface area contributed by atoms with Crippen LogP contribution in [0.25, 0.3) is 10.8 Å². The van der Waals surface area contributed by atoms with Crippen molar-refractivity contribution in [3.05, 3.63) is 77.9 Å². The number of hydrogen-bond donors (Lipinski definition) is 1. The van der Waals surface area contributed by atoms with Crippen LogP contribution in [0.5, 0.6) is 0 Å². The fourth-order valence-electron chi connectivity index (χ4n) is 3.99. The molecule has 0 aromatic heterocycles. The summed E-state index contributed by atoms with van der Waals surface area (Å²) in [5, 5.41) is 6.24. The summed E-state index contributed by atoms with van der Waals surface area (Å²) in [6, 6.07) is 25.0. The van der Waals surface area contributed by atoms with Gasteiger partial charge in [0.05, 0.1) is 6.04 Å². The van der Waals surface area contributed by atoms with E-state index in [0.717, 1.165) is 26.2 Å². The average Bonchev–Trinajstić information content (AvgIpc) is 2.98. The molecule has 3 heteroatoms. The Morgan fingerprint density at radius 1 is 0.885 bits per heavy atom. The third-order valence-corrected chi connectivity index (χ3v) is 6.03. The Hall–Kier alpha value is -1.81. The van der Waals surface area contributed by atoms with E-state index in [1.165, 1.54) is 33.2 Å². The van der Waals surface area contributed by atoms with E-state index in [-0.39, 0.29) is 0 Å². The molecule has 0 aliphatic carbocycles. The van der Waals surface area contributed by atoms with Crippen LogP contribution in [0.1, 0.15) is 23.6 Å². The summed E-state index contributed by atoms with van der Waals surface area (Å²) in [5.74, 6) is 0. The molecule has 1 N–H and O–H groups in total. The highest BCUT2D eigenvalue weighted by Gasteiger charge is 2.24. The summed E-state index contributed by atoms with van der Waals surface area (Å²) >= 11 is 1.80. The van der Waals surface area contributed by atoms with Gasteiger partial charge in [0.1, 0.15) is 0 Å². The predicted octanol–water partition coefficient (Wildman–Crippen LogP) is 4.95. The van der Waals surface area contributed by atoms with Gasteiger partial charge in [-0.25, -0.2) is 0 Å². The molecule has 2 nitrogen and oxygen atoms in total. The molecule has 0 amide bonds. The van der Waals surface area contributed by atoms with Crippen molar-refractivity contribution >= 4 is 22.5 Å². The molecule has 1 aliphatic heterocycles. The van der Waals surface area contributed by atoms with Gasteiger partial charge in [-0.15, -0.1) is 11.8 Å². The van der Waals surface area contributed by atoms with Gasteiger partial charge in [-0.1, -0.05) is 54.6 Å². The van der Waals surface area contributed by atoms with Gasteiger partial charge in [0.25, 0.3) is 0 Å². The number of nitrogens with zero attached hydrogens (tertiary/aromatic N) is 1. The van der Waals surface area contributed by atoms with E-state index >= 15 is 0 Å². The maximum atomic E-state index is 3.55. The second-order valence-electron chi connectivity index (χ2n) is 6.88. The minimum Gasteiger partial charge on any atom is -0.315 e. The van der Waals surface area contributed by atoms with Crippen molar-refractivity contribution in [3.63, 3.8) is 0 Å². The van der Waals surface area contributed by atoms with Crippen molar-refractivity contribution in [3.8, 4) is 0 Å². The lowest BCUT2D eigenvalue weighted by molar-refractivity contribution is 0.242. The van der Waals surface area contributed by atoms with Crippen molar-refractivity contribution in [2.24, 2.45) is 0 Å². The first-order chi connectivity index (χ1) is 12.9. The molecule has 0 bridgehead atoms. The molecule has 0 spiro atoms. The van der Waals surface area contributed by atoms with E-state index < -0.39 is 0 Å². The molecule has 1 aliphatic rings. The van der Waals surface area contributed by atoms with Crippen molar-refractivity contribution in [1.29, 1.82) is 0 Å². The van der Waals surface area contributed by atoms with Gasteiger partial charge in [0.15, 0.2) is 0 Å². The fraction of sp³-hybridized carbons (Fsp3) is 0.304. The molecule has 0 radical (unpaired) electrons. The van der Waals surface area contributed by atoms with E-state index in [0.29, 0.717) is 6.04 Å². The molecule has 1 unspecified atom stereocenters. The zero-order chi connectivity index (χ0) is 17.8. The van der Waals surface area contributed by atoms with Crippen LogP contribution in [0.15, 0.2) is 71.6 Å². The molecule has 3 aromatic carbocycles. The number of thioether (sulfide) groups is 1. The standard InChI is InChI=1S/C23H26N2S/c1-26-20-12-10-19(11-13-20)23(25-16-5-14-24-15-17-25)22-9-4-7-18-6-2-3-8-21(18)22/h2-4,6-13,23-24H,5,14-17H2,1H3. The molecular formula is C23H26N2S. The van der Waals surface area contributed by atoms with E-state index in [4.69, 9.17) is 0 Å². The lowest BCUT2D eigenvalue weighted by Crippen LogP contribution is -2.33. The van der Waals surface area contributed by atoms with Gasteiger partial charge in [-0.05, 0) is 53.3 Å². The van der Waals surface area contributed by atoms with E-state index in [2.05, 4.69) is 83.2 Å². The molecule has 1 heterocycles. The second kappa shape index (κ2) is 8.26. The normalized spacial score (nSPS) is 17.1. The van der Waals surface area contributed by atoms with Crippen LogP contribution < -0.4 is 5.32 Å². The molecule has 1 atom stereocenters. The van der Waals surface area contributed by atoms with Crippen LogP contribution in [0.3, 0.4) is 0 Å². The van der Waals surface area contributed by atoms with Crippen LogP contribution in [-0.2, 0) is 0 Å². The number of hydrogen-bond acceptors (Lipinski definition) is 3. The maximum Gasteiger partial charge on any atom is 0.0608 e. The molecule has 4 rings (SSSR count). The first-order valence-corrected chi connectivity index (χ1v) is 10.7. The monoisotopic (exact) mass is 362 g/mol. The van der Waals surface area contributed by atoms with Gasteiger partial charge < -0.3 is 5.32 Å². The minimum absolute atomic E-state index is 0.303. The van der Waals surface area contributed by atoms with Gasteiger partial charge in [0, 0.05) is 24.5 Å². The molecule has 26 heavy (non-hydrogen) atoms. The number of nitrogens with one attached hydrogen (secondary N) is 1. The third kappa shape index (κ3) is 3.66. The van der Waals surface area contributed by atoms with Gasteiger partial charge in [0.2, 0.25) is 0 Å². The quantitative estimate of drug-likeness (QED) is 0.661. The zero-order valence-corrected chi connectivity index (χ0v) is 16.1. The number of rotatable bonds is 4. The Kier molecular flexibility index (Phi) is 5.59. The fourth-order valence-corrected chi connectivity index (χ4v) is 4.40. The van der Waals surface area contributed by atoms with Crippen molar-refractivity contribution in [2.45, 2.75) is 17.4 Å². The Labute approximate surface area is 160 Å². The third-order valence-electron chi connectivity index (χ3n) is 5.29. The van der Waals surface area contributed by atoms with E-state index in [1.807, 2.05) is 0 Å². The summed E-state index contributed by atoms with van der Waals surface area (Å²) < 4.78 is 0. The average molecular weight is 363 g/mol. The molecular weight excluding hydrogens is 336 g/mol. The summed E-state index contributed by atoms with van der Waals surface area (Å²) in [7, 11) is 0. The van der Waals surface area contributed by atoms with Crippen LogP contribution in [0.2, 0.25) is 0 Å². The second-order valence-corrected chi connectivity index (χ2v) is 7.76. The van der Waals surface area contributed by atoms with Gasteiger partial charge in [-0.3, -0.25) is 4.90 Å². The van der Waals surface area contributed by atoms with Crippen LogP contribution >= 0.6 is 11.8 Å². The smallest absolute Gasteiger partial charge is 0.0608 e. The first-order valence-electron chi connectivity index (χ1n) is 9.43. The lowest BCUT2D eigenvalue weighted by Gasteiger charge is -2.32. The highest BCUT2D eigenvalue weighted by atomic mass is 32.2. The zero-order valence-electron chi connectivity index (χ0n) is 15.3. The van der Waals surface area contributed by atoms with Crippen LogP contribution in [0.4, 0.5) is 0 Å². The number of benzene rings is 3. The van der Waals surface area contributed by atoms with Crippen molar-refractivity contribution in [1.82, 2.24) is 10.2 Å². The predicted molar refractivity (Wildman–Crippen MR) is 113 cm³/mol.